The fourth-order valence-electron chi connectivity index (χ4n) is 2.37. The Labute approximate surface area is 91.0 Å². The minimum Gasteiger partial charge on any atom is -0.384 e. The number of rotatable bonds is 3. The zero-order valence-electron chi connectivity index (χ0n) is 9.53. The zero-order chi connectivity index (χ0) is 10.8. The summed E-state index contributed by atoms with van der Waals surface area (Å²) < 4.78 is 5.17. The van der Waals surface area contributed by atoms with Crippen LogP contribution in [0.3, 0.4) is 0 Å². The molecule has 1 N–H and O–H groups in total. The van der Waals surface area contributed by atoms with E-state index in [1.807, 2.05) is 4.90 Å². The highest BCUT2D eigenvalue weighted by Gasteiger charge is 2.36. The molecule has 0 radical (unpaired) electrons. The van der Waals surface area contributed by atoms with Gasteiger partial charge in [-0.05, 0) is 5.92 Å². The van der Waals surface area contributed by atoms with Crippen molar-refractivity contribution in [3.63, 3.8) is 0 Å². The fraction of sp³-hybridized carbons (Fsp3) is 0.909. The molecule has 2 fully saturated rings. The van der Waals surface area contributed by atoms with E-state index in [4.69, 9.17) is 4.74 Å². The number of carbonyl (C=O) groups is 1. The van der Waals surface area contributed by atoms with E-state index in [2.05, 4.69) is 12.2 Å². The van der Waals surface area contributed by atoms with Gasteiger partial charge < -0.3 is 15.0 Å². The van der Waals surface area contributed by atoms with Crippen LogP contribution in [0.4, 0.5) is 0 Å². The summed E-state index contributed by atoms with van der Waals surface area (Å²) in [5.41, 5.74) is 0. The van der Waals surface area contributed by atoms with Crippen LogP contribution >= 0.6 is 0 Å². The molecule has 0 aromatic heterocycles. The molecule has 2 rings (SSSR count). The molecule has 0 aromatic rings. The molecule has 0 aromatic carbocycles. The summed E-state index contributed by atoms with van der Waals surface area (Å²) in [7, 11) is 1.73. The number of nitrogens with zero attached hydrogens (tertiary/aromatic N) is 1. The molecule has 0 saturated carbocycles. The second kappa shape index (κ2) is 4.49. The van der Waals surface area contributed by atoms with Gasteiger partial charge in [0.25, 0.3) is 0 Å². The van der Waals surface area contributed by atoms with Gasteiger partial charge in [0.15, 0.2) is 0 Å². The van der Waals surface area contributed by atoms with Crippen LogP contribution in [0.15, 0.2) is 0 Å². The molecular formula is C11H20N2O2. The standard InChI is InChI=1S/C11H20N2O2/c1-8-5-13(6-10(8)7-15-2)11(14)9-3-12-4-9/h8-10,12H,3-7H2,1-2H3/t8-,10+/m0/s1. The van der Waals surface area contributed by atoms with E-state index >= 15 is 0 Å². The van der Waals surface area contributed by atoms with Crippen molar-refractivity contribution >= 4 is 5.91 Å². The smallest absolute Gasteiger partial charge is 0.228 e. The molecule has 2 atom stereocenters. The first kappa shape index (κ1) is 10.9. The molecule has 2 aliphatic rings. The molecule has 1 amide bonds. The summed E-state index contributed by atoms with van der Waals surface area (Å²) in [6, 6.07) is 0. The highest BCUT2D eigenvalue weighted by Crippen LogP contribution is 2.25. The lowest BCUT2D eigenvalue weighted by molar-refractivity contribution is -0.136. The Morgan fingerprint density at radius 2 is 2.20 bits per heavy atom. The van der Waals surface area contributed by atoms with Crippen LogP contribution in [0.1, 0.15) is 6.92 Å². The number of likely N-dealkylation sites (tertiary alicyclic amines) is 1. The molecule has 2 aliphatic heterocycles. The Bertz CT molecular complexity index is 241. The van der Waals surface area contributed by atoms with Gasteiger partial charge in [-0.15, -0.1) is 0 Å². The Morgan fingerprint density at radius 3 is 2.73 bits per heavy atom. The van der Waals surface area contributed by atoms with Crippen molar-refractivity contribution in [1.29, 1.82) is 0 Å². The minimum absolute atomic E-state index is 0.235. The molecule has 86 valence electrons. The van der Waals surface area contributed by atoms with Gasteiger partial charge in [-0.2, -0.15) is 0 Å². The van der Waals surface area contributed by atoms with E-state index < -0.39 is 0 Å². The maximum atomic E-state index is 12.0. The average Bonchev–Trinajstić information content (AvgIpc) is 2.46. The van der Waals surface area contributed by atoms with Crippen LogP contribution < -0.4 is 5.32 Å². The molecule has 0 unspecified atom stereocenters. The number of nitrogens with one attached hydrogen (secondary N) is 1. The van der Waals surface area contributed by atoms with Crippen molar-refractivity contribution in [2.24, 2.45) is 17.8 Å². The van der Waals surface area contributed by atoms with E-state index in [1.54, 1.807) is 7.11 Å². The van der Waals surface area contributed by atoms with Gasteiger partial charge in [-0.25, -0.2) is 0 Å². The lowest BCUT2D eigenvalue weighted by atomic mass is 10.00. The van der Waals surface area contributed by atoms with E-state index in [9.17, 15) is 4.79 Å². The summed E-state index contributed by atoms with van der Waals surface area (Å²) in [5, 5.41) is 3.14. The summed E-state index contributed by atoms with van der Waals surface area (Å²) in [4.78, 5) is 14.0. The molecular weight excluding hydrogens is 192 g/mol. The number of ether oxygens (including phenoxy) is 1. The third-order valence-electron chi connectivity index (χ3n) is 3.59. The van der Waals surface area contributed by atoms with Crippen LogP contribution in [0.25, 0.3) is 0 Å². The van der Waals surface area contributed by atoms with Gasteiger partial charge >= 0.3 is 0 Å². The molecule has 0 spiro atoms. The van der Waals surface area contributed by atoms with Crippen molar-refractivity contribution in [3.05, 3.63) is 0 Å². The summed E-state index contributed by atoms with van der Waals surface area (Å²) in [6.45, 7) is 6.48. The van der Waals surface area contributed by atoms with Gasteiger partial charge in [0.1, 0.15) is 0 Å². The Hall–Kier alpha value is -0.610. The molecule has 2 saturated heterocycles. The van der Waals surface area contributed by atoms with Gasteiger partial charge in [0.05, 0.1) is 12.5 Å². The van der Waals surface area contributed by atoms with Crippen molar-refractivity contribution in [1.82, 2.24) is 10.2 Å². The summed E-state index contributed by atoms with van der Waals surface area (Å²) in [6.07, 6.45) is 0. The Kier molecular flexibility index (Phi) is 3.26. The molecule has 0 aliphatic carbocycles. The molecule has 4 nitrogen and oxygen atoms in total. The first-order chi connectivity index (χ1) is 7.22. The van der Waals surface area contributed by atoms with Gasteiger partial charge in [-0.1, -0.05) is 6.92 Å². The monoisotopic (exact) mass is 212 g/mol. The van der Waals surface area contributed by atoms with E-state index in [0.717, 1.165) is 32.8 Å². The minimum atomic E-state index is 0.235. The van der Waals surface area contributed by atoms with Crippen LogP contribution in [-0.4, -0.2) is 50.7 Å². The van der Waals surface area contributed by atoms with Gasteiger partial charge in [0.2, 0.25) is 5.91 Å². The zero-order valence-corrected chi connectivity index (χ0v) is 9.53. The number of carbonyl (C=O) groups excluding carboxylic acids is 1. The highest BCUT2D eigenvalue weighted by molar-refractivity contribution is 5.80. The maximum absolute atomic E-state index is 12.0. The summed E-state index contributed by atoms with van der Waals surface area (Å²) in [5.74, 6) is 1.66. The number of methoxy groups -OCH3 is 1. The Morgan fingerprint density at radius 1 is 1.47 bits per heavy atom. The topological polar surface area (TPSA) is 41.6 Å². The molecule has 0 bridgehead atoms. The second-order valence-electron chi connectivity index (χ2n) is 4.79. The van der Waals surface area contributed by atoms with E-state index in [0.29, 0.717) is 17.7 Å². The lowest BCUT2D eigenvalue weighted by Crippen LogP contribution is -2.51. The predicted octanol–water partition coefficient (Wildman–Crippen LogP) is -0.0533. The molecule has 4 heteroatoms. The van der Waals surface area contributed by atoms with Crippen molar-refractivity contribution in [2.75, 3.05) is 39.9 Å². The van der Waals surface area contributed by atoms with Crippen molar-refractivity contribution in [3.8, 4) is 0 Å². The first-order valence-corrected chi connectivity index (χ1v) is 5.70. The van der Waals surface area contributed by atoms with E-state index in [1.165, 1.54) is 0 Å². The van der Waals surface area contributed by atoms with Crippen molar-refractivity contribution < 1.29 is 9.53 Å². The van der Waals surface area contributed by atoms with E-state index in [-0.39, 0.29) is 5.92 Å². The fourth-order valence-corrected chi connectivity index (χ4v) is 2.37. The predicted molar refractivity (Wildman–Crippen MR) is 57.5 cm³/mol. The quantitative estimate of drug-likeness (QED) is 0.713. The largest absolute Gasteiger partial charge is 0.384 e. The SMILES string of the molecule is COC[C@H]1CN(C(=O)C2CNC2)C[C@@H]1C. The van der Waals surface area contributed by atoms with Gasteiger partial charge in [-0.3, -0.25) is 4.79 Å². The average molecular weight is 212 g/mol. The normalized spacial score (nSPS) is 31.7. The van der Waals surface area contributed by atoms with Gasteiger partial charge in [0, 0.05) is 39.2 Å². The molecule has 15 heavy (non-hydrogen) atoms. The third kappa shape index (κ3) is 2.16. The second-order valence-corrected chi connectivity index (χ2v) is 4.79. The number of hydrogen-bond acceptors (Lipinski definition) is 3. The lowest BCUT2D eigenvalue weighted by Gasteiger charge is -2.30. The maximum Gasteiger partial charge on any atom is 0.228 e. The van der Waals surface area contributed by atoms with Crippen LogP contribution in [0.5, 0.6) is 0 Å². The van der Waals surface area contributed by atoms with Crippen LogP contribution in [0, 0.1) is 17.8 Å². The third-order valence-corrected chi connectivity index (χ3v) is 3.59. The highest BCUT2D eigenvalue weighted by atomic mass is 16.5. The Balaban J connectivity index is 1.87. The number of hydrogen-bond donors (Lipinski definition) is 1. The summed E-state index contributed by atoms with van der Waals surface area (Å²) >= 11 is 0. The molecule has 2 heterocycles. The van der Waals surface area contributed by atoms with Crippen molar-refractivity contribution in [2.45, 2.75) is 6.92 Å². The van der Waals surface area contributed by atoms with Crippen LogP contribution in [-0.2, 0) is 9.53 Å². The number of amides is 1. The first-order valence-electron chi connectivity index (χ1n) is 5.70. The van der Waals surface area contributed by atoms with Crippen LogP contribution in [0.2, 0.25) is 0 Å².